The fraction of sp³-hybridized carbons (Fsp3) is 0. The van der Waals surface area contributed by atoms with Crippen molar-refractivity contribution in [2.75, 3.05) is 0 Å². The van der Waals surface area contributed by atoms with E-state index >= 15 is 0 Å². The number of pyridine rings is 1. The summed E-state index contributed by atoms with van der Waals surface area (Å²) < 4.78 is 0. The fourth-order valence-electron chi connectivity index (χ4n) is 2.75. The first-order valence-corrected chi connectivity index (χ1v) is 7.31. The average Bonchev–Trinajstić information content (AvgIpc) is 3.15. The van der Waals surface area contributed by atoms with Crippen molar-refractivity contribution in [3.63, 3.8) is 0 Å². The van der Waals surface area contributed by atoms with Crippen molar-refractivity contribution in [2.24, 2.45) is 0 Å². The minimum absolute atomic E-state index is 0.640. The van der Waals surface area contributed by atoms with Gasteiger partial charge in [-0.1, -0.05) is 42.5 Å². The molecule has 0 aliphatic rings. The van der Waals surface area contributed by atoms with E-state index in [0.29, 0.717) is 5.56 Å². The molecule has 110 valence electrons. The van der Waals surface area contributed by atoms with Crippen LogP contribution in [0.25, 0.3) is 33.4 Å². The van der Waals surface area contributed by atoms with Crippen molar-refractivity contribution in [1.29, 1.82) is 0 Å². The predicted octanol–water partition coefficient (Wildman–Crippen LogP) is 4.10. The summed E-state index contributed by atoms with van der Waals surface area (Å²) in [6.45, 7) is 0. The molecule has 23 heavy (non-hydrogen) atoms. The van der Waals surface area contributed by atoms with Crippen molar-refractivity contribution in [3.05, 3.63) is 72.4 Å². The number of hydrogen-bond acceptors (Lipinski definition) is 3. The highest BCUT2D eigenvalue weighted by Gasteiger charge is 2.14. The normalized spacial score (nSPS) is 10.8. The largest absolute Gasteiger partial charge is 0.298 e. The topological polar surface area (TPSA) is 58.6 Å². The van der Waals surface area contributed by atoms with Crippen LogP contribution in [-0.4, -0.2) is 21.5 Å². The second-order valence-electron chi connectivity index (χ2n) is 5.24. The van der Waals surface area contributed by atoms with Gasteiger partial charge in [0.1, 0.15) is 5.69 Å². The molecular weight excluding hydrogens is 286 g/mol. The van der Waals surface area contributed by atoms with E-state index in [-0.39, 0.29) is 0 Å². The van der Waals surface area contributed by atoms with Crippen LogP contribution in [0.3, 0.4) is 0 Å². The Labute approximate surface area is 132 Å². The van der Waals surface area contributed by atoms with E-state index < -0.39 is 0 Å². The van der Waals surface area contributed by atoms with Crippen LogP contribution in [0.2, 0.25) is 0 Å². The third-order valence-corrected chi connectivity index (χ3v) is 3.85. The van der Waals surface area contributed by atoms with Gasteiger partial charge in [0.15, 0.2) is 6.29 Å². The Morgan fingerprint density at radius 3 is 2.57 bits per heavy atom. The first kappa shape index (κ1) is 13.4. The number of rotatable bonds is 3. The summed E-state index contributed by atoms with van der Waals surface area (Å²) in [5, 5.41) is 7.94. The fourth-order valence-corrected chi connectivity index (χ4v) is 2.75. The number of benzene rings is 2. The molecule has 2 aromatic heterocycles. The summed E-state index contributed by atoms with van der Waals surface area (Å²) in [6.07, 6.45) is 2.64. The van der Waals surface area contributed by atoms with Crippen LogP contribution in [-0.2, 0) is 0 Å². The zero-order valence-electron chi connectivity index (χ0n) is 12.2. The van der Waals surface area contributed by atoms with Crippen LogP contribution >= 0.6 is 0 Å². The van der Waals surface area contributed by atoms with Crippen molar-refractivity contribution in [1.82, 2.24) is 15.2 Å². The number of hydrogen-bond donors (Lipinski definition) is 1. The molecule has 2 aromatic carbocycles. The first-order chi connectivity index (χ1) is 11.4. The number of aromatic nitrogens is 3. The zero-order valence-corrected chi connectivity index (χ0v) is 12.2. The lowest BCUT2D eigenvalue weighted by Crippen LogP contribution is -1.94. The Hall–Kier alpha value is -3.27. The molecule has 0 fully saturated rings. The van der Waals surface area contributed by atoms with E-state index in [1.807, 2.05) is 54.6 Å². The van der Waals surface area contributed by atoms with E-state index in [4.69, 9.17) is 4.98 Å². The number of nitrogens with zero attached hydrogens (tertiary/aromatic N) is 2. The summed E-state index contributed by atoms with van der Waals surface area (Å²) >= 11 is 0. The van der Waals surface area contributed by atoms with E-state index in [2.05, 4.69) is 10.2 Å². The molecular formula is C19H13N3O. The molecule has 0 bridgehead atoms. The smallest absolute Gasteiger partial charge is 0.150 e. The van der Waals surface area contributed by atoms with Gasteiger partial charge >= 0.3 is 0 Å². The monoisotopic (exact) mass is 299 g/mol. The Morgan fingerprint density at radius 1 is 0.957 bits per heavy atom. The second kappa shape index (κ2) is 5.50. The van der Waals surface area contributed by atoms with Gasteiger partial charge in [-0.25, -0.2) is 4.98 Å². The molecule has 0 aliphatic heterocycles. The van der Waals surface area contributed by atoms with Gasteiger partial charge < -0.3 is 0 Å². The second-order valence-corrected chi connectivity index (χ2v) is 5.24. The van der Waals surface area contributed by atoms with Crippen LogP contribution in [0, 0.1) is 0 Å². The highest BCUT2D eigenvalue weighted by molar-refractivity contribution is 6.00. The third-order valence-electron chi connectivity index (χ3n) is 3.85. The molecule has 0 amide bonds. The van der Waals surface area contributed by atoms with E-state index in [0.717, 1.165) is 39.7 Å². The van der Waals surface area contributed by atoms with E-state index in [1.54, 1.807) is 12.3 Å². The molecule has 0 spiro atoms. The molecule has 4 rings (SSSR count). The lowest BCUT2D eigenvalue weighted by Gasteiger charge is -2.10. The molecule has 0 unspecified atom stereocenters. The lowest BCUT2D eigenvalue weighted by atomic mass is 9.98. The maximum Gasteiger partial charge on any atom is 0.150 e. The summed E-state index contributed by atoms with van der Waals surface area (Å²) in [6, 6.07) is 19.5. The van der Waals surface area contributed by atoms with Crippen LogP contribution in [0.15, 0.2) is 66.9 Å². The minimum Gasteiger partial charge on any atom is -0.298 e. The van der Waals surface area contributed by atoms with Gasteiger partial charge in [0.2, 0.25) is 0 Å². The van der Waals surface area contributed by atoms with Gasteiger partial charge in [-0.2, -0.15) is 5.10 Å². The van der Waals surface area contributed by atoms with Crippen molar-refractivity contribution >= 4 is 17.2 Å². The lowest BCUT2D eigenvalue weighted by molar-refractivity contribution is 0.112. The first-order valence-electron chi connectivity index (χ1n) is 7.31. The van der Waals surface area contributed by atoms with Crippen molar-refractivity contribution in [3.8, 4) is 22.5 Å². The summed E-state index contributed by atoms with van der Waals surface area (Å²) in [4.78, 5) is 16.1. The molecule has 0 atom stereocenters. The Bertz CT molecular complexity index is 976. The van der Waals surface area contributed by atoms with Gasteiger partial charge in [0.05, 0.1) is 11.2 Å². The molecule has 4 nitrogen and oxygen atoms in total. The number of H-pyrrole nitrogens is 1. The molecule has 4 aromatic rings. The summed E-state index contributed by atoms with van der Waals surface area (Å²) in [7, 11) is 0. The van der Waals surface area contributed by atoms with Gasteiger partial charge in [0, 0.05) is 22.7 Å². The van der Waals surface area contributed by atoms with Gasteiger partial charge in [-0.05, 0) is 23.8 Å². The molecule has 2 heterocycles. The van der Waals surface area contributed by atoms with Gasteiger partial charge in [-0.3, -0.25) is 9.89 Å². The summed E-state index contributed by atoms with van der Waals surface area (Å²) in [5.41, 5.74) is 5.00. The van der Waals surface area contributed by atoms with E-state index in [9.17, 15) is 4.79 Å². The molecule has 0 radical (unpaired) electrons. The van der Waals surface area contributed by atoms with Crippen molar-refractivity contribution < 1.29 is 4.79 Å². The van der Waals surface area contributed by atoms with Gasteiger partial charge in [0.25, 0.3) is 0 Å². The van der Waals surface area contributed by atoms with E-state index in [1.165, 1.54) is 0 Å². The molecule has 1 N–H and O–H groups in total. The molecule has 4 heteroatoms. The highest BCUT2D eigenvalue weighted by atomic mass is 16.1. The predicted molar refractivity (Wildman–Crippen MR) is 90.1 cm³/mol. The maximum atomic E-state index is 11.3. The number of fused-ring (bicyclic) bond motifs is 1. The van der Waals surface area contributed by atoms with Crippen LogP contribution < -0.4 is 0 Å². The quantitative estimate of drug-likeness (QED) is 0.579. The highest BCUT2D eigenvalue weighted by Crippen LogP contribution is 2.33. The average molecular weight is 299 g/mol. The standard InChI is InChI=1S/C19H13N3O/c23-12-14-7-4-8-17-15(14)11-16(13-5-2-1-3-6-13)19(21-17)18-9-10-20-22-18/h1-12H,(H,20,22). The SMILES string of the molecule is O=Cc1cccc2nc(-c3cc[nH]n3)c(-c3ccccc3)cc12. The number of aldehydes is 1. The molecule has 0 aliphatic carbocycles. The number of carbonyl (C=O) groups excluding carboxylic acids is 1. The van der Waals surface area contributed by atoms with Crippen molar-refractivity contribution in [2.45, 2.75) is 0 Å². The third kappa shape index (κ3) is 2.30. The summed E-state index contributed by atoms with van der Waals surface area (Å²) in [5.74, 6) is 0. The van der Waals surface area contributed by atoms with Gasteiger partial charge in [-0.15, -0.1) is 0 Å². The number of aromatic amines is 1. The molecule has 0 saturated carbocycles. The Kier molecular flexibility index (Phi) is 3.20. The van der Waals surface area contributed by atoms with Crippen LogP contribution in [0.4, 0.5) is 0 Å². The molecule has 0 saturated heterocycles. The zero-order chi connectivity index (χ0) is 15.6. The Morgan fingerprint density at radius 2 is 1.83 bits per heavy atom. The Balaban J connectivity index is 2.08. The minimum atomic E-state index is 0.640. The van der Waals surface area contributed by atoms with Crippen LogP contribution in [0.5, 0.6) is 0 Å². The number of carbonyl (C=O) groups is 1. The number of nitrogens with one attached hydrogen (secondary N) is 1. The maximum absolute atomic E-state index is 11.3. The van der Waals surface area contributed by atoms with Crippen LogP contribution in [0.1, 0.15) is 10.4 Å².